The third-order valence-corrected chi connectivity index (χ3v) is 3.16. The lowest BCUT2D eigenvalue weighted by atomic mass is 10.2. The lowest BCUT2D eigenvalue weighted by molar-refractivity contribution is -0.143. The molecule has 2 rings (SSSR count). The number of amides is 1. The fourth-order valence-corrected chi connectivity index (χ4v) is 2.17. The van der Waals surface area contributed by atoms with E-state index in [-0.39, 0.29) is 0 Å². The number of aliphatic hydroxyl groups excluding tert-OH is 1. The zero-order chi connectivity index (χ0) is 14.5. The average molecular weight is 280 g/mol. The summed E-state index contributed by atoms with van der Waals surface area (Å²) in [7, 11) is 0. The molecule has 2 atom stereocenters. The summed E-state index contributed by atoms with van der Waals surface area (Å²) in [6.45, 7) is -0.00536. The number of anilines is 1. The lowest BCUT2D eigenvalue weighted by Crippen LogP contribution is -2.51. The smallest absolute Gasteiger partial charge is 0.328 e. The number of carbonyl (C=O) groups is 2. The summed E-state index contributed by atoms with van der Waals surface area (Å²) in [5, 5.41) is 20.1. The maximum Gasteiger partial charge on any atom is 0.328 e. The number of nitrogens with zero attached hydrogens (tertiary/aromatic N) is 3. The highest BCUT2D eigenvalue weighted by molar-refractivity contribution is 5.89. The maximum absolute atomic E-state index is 12.1. The first-order valence-corrected chi connectivity index (χ1v) is 6.31. The summed E-state index contributed by atoms with van der Waals surface area (Å²) in [5.74, 6) is -1.25. The Bertz CT molecular complexity index is 482. The van der Waals surface area contributed by atoms with Gasteiger partial charge in [-0.05, 0) is 18.9 Å². The molecule has 0 spiro atoms. The van der Waals surface area contributed by atoms with E-state index in [1.54, 1.807) is 23.4 Å². The Labute approximate surface area is 115 Å². The van der Waals surface area contributed by atoms with Crippen LogP contribution in [0.25, 0.3) is 0 Å². The number of carboxylic acid groups (broad SMARTS) is 1. The van der Waals surface area contributed by atoms with Crippen LogP contribution in [0.5, 0.6) is 0 Å². The van der Waals surface area contributed by atoms with Gasteiger partial charge in [0.2, 0.25) is 11.9 Å². The number of aliphatic hydroxyl groups is 1. The van der Waals surface area contributed by atoms with E-state index in [0.717, 1.165) is 6.42 Å². The van der Waals surface area contributed by atoms with Crippen LogP contribution in [0, 0.1) is 0 Å². The number of nitrogens with one attached hydrogen (secondary N) is 1. The Morgan fingerprint density at radius 2 is 2.15 bits per heavy atom. The number of rotatable bonds is 5. The molecule has 2 heterocycles. The van der Waals surface area contributed by atoms with E-state index in [2.05, 4.69) is 15.3 Å². The number of carbonyl (C=O) groups excluding carboxylic acids is 1. The molecule has 20 heavy (non-hydrogen) atoms. The van der Waals surface area contributed by atoms with Crippen LogP contribution in [0.15, 0.2) is 18.5 Å². The highest BCUT2D eigenvalue weighted by Gasteiger charge is 2.34. The van der Waals surface area contributed by atoms with Crippen LogP contribution in [0.3, 0.4) is 0 Å². The summed E-state index contributed by atoms with van der Waals surface area (Å²) in [6, 6.07) is -0.117. The van der Waals surface area contributed by atoms with Gasteiger partial charge < -0.3 is 20.4 Å². The van der Waals surface area contributed by atoms with Crippen LogP contribution in [0.1, 0.15) is 12.8 Å². The minimum atomic E-state index is -1.29. The van der Waals surface area contributed by atoms with E-state index in [1.165, 1.54) is 0 Å². The molecule has 0 radical (unpaired) electrons. The monoisotopic (exact) mass is 280 g/mol. The Morgan fingerprint density at radius 1 is 1.45 bits per heavy atom. The first kappa shape index (κ1) is 14.2. The maximum atomic E-state index is 12.1. The fraction of sp³-hybridized carbons (Fsp3) is 0.500. The Balaban J connectivity index is 2.07. The minimum Gasteiger partial charge on any atom is -0.480 e. The predicted octanol–water partition coefficient (Wildman–Crippen LogP) is -0.993. The van der Waals surface area contributed by atoms with Crippen molar-refractivity contribution in [2.24, 2.45) is 0 Å². The highest BCUT2D eigenvalue weighted by Crippen LogP contribution is 2.21. The molecule has 1 saturated heterocycles. The molecule has 108 valence electrons. The molecule has 1 aliphatic rings. The Kier molecular flexibility index (Phi) is 4.46. The Morgan fingerprint density at radius 3 is 2.75 bits per heavy atom. The van der Waals surface area contributed by atoms with Crippen molar-refractivity contribution in [3.63, 3.8) is 0 Å². The predicted molar refractivity (Wildman–Crippen MR) is 69.1 cm³/mol. The van der Waals surface area contributed by atoms with Crippen LogP contribution in [0.2, 0.25) is 0 Å². The van der Waals surface area contributed by atoms with Crippen molar-refractivity contribution in [3.05, 3.63) is 18.5 Å². The average Bonchev–Trinajstić information content (AvgIpc) is 2.94. The van der Waals surface area contributed by atoms with Crippen LogP contribution < -0.4 is 10.2 Å². The zero-order valence-electron chi connectivity index (χ0n) is 10.8. The third kappa shape index (κ3) is 3.02. The van der Waals surface area contributed by atoms with Gasteiger partial charge in [0.05, 0.1) is 6.61 Å². The van der Waals surface area contributed by atoms with Gasteiger partial charge in [0.25, 0.3) is 0 Å². The van der Waals surface area contributed by atoms with Gasteiger partial charge in [-0.1, -0.05) is 0 Å². The molecule has 1 aromatic heterocycles. The minimum absolute atomic E-state index is 0.434. The summed E-state index contributed by atoms with van der Waals surface area (Å²) < 4.78 is 0. The van der Waals surface area contributed by atoms with Gasteiger partial charge in [0, 0.05) is 18.9 Å². The van der Waals surface area contributed by atoms with Gasteiger partial charge in [-0.25, -0.2) is 14.8 Å². The van der Waals surface area contributed by atoms with Crippen molar-refractivity contribution >= 4 is 17.8 Å². The largest absolute Gasteiger partial charge is 0.480 e. The van der Waals surface area contributed by atoms with Crippen molar-refractivity contribution in [2.75, 3.05) is 18.1 Å². The molecule has 3 N–H and O–H groups in total. The second kappa shape index (κ2) is 6.29. The topological polar surface area (TPSA) is 116 Å². The molecule has 8 nitrogen and oxygen atoms in total. The van der Waals surface area contributed by atoms with Crippen LogP contribution in [0.4, 0.5) is 5.95 Å². The first-order valence-electron chi connectivity index (χ1n) is 6.31. The van der Waals surface area contributed by atoms with E-state index >= 15 is 0 Å². The van der Waals surface area contributed by atoms with Gasteiger partial charge in [-0.15, -0.1) is 0 Å². The second-order valence-corrected chi connectivity index (χ2v) is 4.48. The molecule has 0 aromatic carbocycles. The van der Waals surface area contributed by atoms with Gasteiger partial charge in [-0.2, -0.15) is 0 Å². The summed E-state index contributed by atoms with van der Waals surface area (Å²) >= 11 is 0. The number of aliphatic carboxylic acids is 1. The number of hydrogen-bond acceptors (Lipinski definition) is 6. The second-order valence-electron chi connectivity index (χ2n) is 4.48. The fourth-order valence-electron chi connectivity index (χ4n) is 2.17. The molecule has 1 aliphatic heterocycles. The van der Waals surface area contributed by atoms with E-state index in [4.69, 9.17) is 10.2 Å². The standard InChI is InChI=1S/C12H16N4O4/c17-7-8(11(19)20)15-10(18)9-3-1-6-16(9)12-13-4-2-5-14-12/h2,4-5,8-9,17H,1,3,6-7H2,(H,15,18)(H,19,20). The lowest BCUT2D eigenvalue weighted by Gasteiger charge is -2.24. The van der Waals surface area contributed by atoms with Gasteiger partial charge >= 0.3 is 5.97 Å². The summed E-state index contributed by atoms with van der Waals surface area (Å²) in [6.07, 6.45) is 4.57. The molecular weight excluding hydrogens is 264 g/mol. The molecule has 1 fully saturated rings. The SMILES string of the molecule is O=C(O)C(CO)NC(=O)C1CCCN1c1ncccn1. The van der Waals surface area contributed by atoms with E-state index in [1.807, 2.05) is 0 Å². The first-order chi connectivity index (χ1) is 9.63. The van der Waals surface area contributed by atoms with Crippen molar-refractivity contribution < 1.29 is 19.8 Å². The number of aromatic nitrogens is 2. The highest BCUT2D eigenvalue weighted by atomic mass is 16.4. The third-order valence-electron chi connectivity index (χ3n) is 3.16. The Hall–Kier alpha value is -2.22. The van der Waals surface area contributed by atoms with Crippen molar-refractivity contribution in [1.29, 1.82) is 0 Å². The normalized spacial score (nSPS) is 19.6. The molecule has 0 bridgehead atoms. The van der Waals surface area contributed by atoms with Crippen molar-refractivity contribution in [1.82, 2.24) is 15.3 Å². The number of hydrogen-bond donors (Lipinski definition) is 3. The van der Waals surface area contributed by atoms with E-state index in [9.17, 15) is 9.59 Å². The van der Waals surface area contributed by atoms with E-state index in [0.29, 0.717) is 18.9 Å². The van der Waals surface area contributed by atoms with Crippen molar-refractivity contribution in [3.8, 4) is 0 Å². The zero-order valence-corrected chi connectivity index (χ0v) is 10.8. The molecule has 0 aliphatic carbocycles. The van der Waals surface area contributed by atoms with Crippen LogP contribution in [-0.2, 0) is 9.59 Å². The molecule has 1 aromatic rings. The molecule has 0 saturated carbocycles. The van der Waals surface area contributed by atoms with Gasteiger partial charge in [0.1, 0.15) is 12.1 Å². The quantitative estimate of drug-likeness (QED) is 0.634. The van der Waals surface area contributed by atoms with E-state index < -0.39 is 30.6 Å². The van der Waals surface area contributed by atoms with Crippen molar-refractivity contribution in [2.45, 2.75) is 24.9 Å². The van der Waals surface area contributed by atoms with Gasteiger partial charge in [0.15, 0.2) is 0 Å². The summed E-state index contributed by atoms with van der Waals surface area (Å²) in [4.78, 5) is 32.9. The molecule has 8 heteroatoms. The van der Waals surface area contributed by atoms with Crippen LogP contribution in [-0.4, -0.2) is 57.3 Å². The molecule has 2 unspecified atom stereocenters. The molecular formula is C12H16N4O4. The van der Waals surface area contributed by atoms with Gasteiger partial charge in [-0.3, -0.25) is 4.79 Å². The number of carboxylic acids is 1. The van der Waals surface area contributed by atoms with Crippen LogP contribution >= 0.6 is 0 Å². The molecule has 1 amide bonds. The summed E-state index contributed by atoms with van der Waals surface area (Å²) in [5.41, 5.74) is 0.